The zero-order chi connectivity index (χ0) is 17.5. The Morgan fingerprint density at radius 1 is 1.17 bits per heavy atom. The van der Waals surface area contributed by atoms with E-state index in [-0.39, 0.29) is 18.2 Å². The van der Waals surface area contributed by atoms with Crippen LogP contribution < -0.4 is 10.1 Å². The molecule has 2 aromatic rings. The first-order chi connectivity index (χ1) is 11.6. The van der Waals surface area contributed by atoms with Gasteiger partial charge in [-0.3, -0.25) is 4.79 Å². The molecule has 0 aliphatic heterocycles. The van der Waals surface area contributed by atoms with Crippen LogP contribution in [0.3, 0.4) is 0 Å². The van der Waals surface area contributed by atoms with Gasteiger partial charge >= 0.3 is 0 Å². The molecule has 1 N–H and O–H groups in total. The molecule has 1 amide bonds. The van der Waals surface area contributed by atoms with Gasteiger partial charge in [0.25, 0.3) is 5.91 Å². The lowest BCUT2D eigenvalue weighted by Crippen LogP contribution is -2.29. The molecule has 7 heteroatoms. The number of hydrogen-bond acceptors (Lipinski definition) is 4. The molecule has 0 aliphatic carbocycles. The highest BCUT2D eigenvalue weighted by Crippen LogP contribution is 2.32. The van der Waals surface area contributed by atoms with Gasteiger partial charge in [-0.1, -0.05) is 58.7 Å². The third kappa shape index (κ3) is 4.19. The lowest BCUT2D eigenvalue weighted by Gasteiger charge is -2.13. The molecule has 5 nitrogen and oxygen atoms in total. The molecule has 0 fully saturated rings. The van der Waals surface area contributed by atoms with E-state index in [0.717, 1.165) is 5.56 Å². The quantitative estimate of drug-likeness (QED) is 0.626. The number of nitrogens with one attached hydrogen (secondary N) is 1. The maximum atomic E-state index is 12.0. The summed E-state index contributed by atoms with van der Waals surface area (Å²) in [7, 11) is 2.91. The number of nitrogens with zero attached hydrogens (tertiary/aromatic N) is 1. The molecular formula is C17H16Cl2N2O3. The summed E-state index contributed by atoms with van der Waals surface area (Å²) >= 11 is 12.1. The van der Waals surface area contributed by atoms with E-state index in [2.05, 4.69) is 10.5 Å². The second-order valence-corrected chi connectivity index (χ2v) is 5.48. The van der Waals surface area contributed by atoms with E-state index in [1.807, 2.05) is 12.1 Å². The van der Waals surface area contributed by atoms with Crippen LogP contribution in [0.1, 0.15) is 11.1 Å². The molecule has 0 saturated carbocycles. The molecular weight excluding hydrogens is 351 g/mol. The first kappa shape index (κ1) is 18.1. The summed E-state index contributed by atoms with van der Waals surface area (Å²) < 4.78 is 5.74. The molecule has 24 heavy (non-hydrogen) atoms. The number of amides is 1. The molecule has 0 unspecified atom stereocenters. The van der Waals surface area contributed by atoms with Crippen molar-refractivity contribution < 1.29 is 14.4 Å². The average molecular weight is 367 g/mol. The normalized spacial score (nSPS) is 11.1. The van der Waals surface area contributed by atoms with Crippen LogP contribution in [0.4, 0.5) is 0 Å². The fraction of sp³-hybridized carbons (Fsp3) is 0.176. The predicted octanol–water partition coefficient (Wildman–Crippen LogP) is 3.67. The van der Waals surface area contributed by atoms with Gasteiger partial charge < -0.3 is 14.9 Å². The SMILES string of the molecule is CNC(=O)/C(=N/OC)c1ccccc1COc1cccc(Cl)c1Cl. The summed E-state index contributed by atoms with van der Waals surface area (Å²) in [5.41, 5.74) is 1.53. The zero-order valence-corrected chi connectivity index (χ0v) is 14.7. The predicted molar refractivity (Wildman–Crippen MR) is 94.8 cm³/mol. The second-order valence-electron chi connectivity index (χ2n) is 4.70. The second kappa shape index (κ2) is 8.57. The van der Waals surface area contributed by atoms with Crippen LogP contribution in [0.5, 0.6) is 5.75 Å². The summed E-state index contributed by atoms with van der Waals surface area (Å²) in [5, 5.41) is 7.10. The fourth-order valence-corrected chi connectivity index (χ4v) is 2.40. The smallest absolute Gasteiger partial charge is 0.273 e. The van der Waals surface area contributed by atoms with E-state index in [0.29, 0.717) is 21.4 Å². The van der Waals surface area contributed by atoms with Gasteiger partial charge in [0, 0.05) is 12.6 Å². The van der Waals surface area contributed by atoms with Crippen molar-refractivity contribution >= 4 is 34.8 Å². The Morgan fingerprint density at radius 3 is 2.62 bits per heavy atom. The molecule has 126 valence electrons. The Morgan fingerprint density at radius 2 is 1.92 bits per heavy atom. The minimum absolute atomic E-state index is 0.163. The zero-order valence-electron chi connectivity index (χ0n) is 13.2. The number of ether oxygens (including phenoxy) is 1. The molecule has 0 atom stereocenters. The third-order valence-corrected chi connectivity index (χ3v) is 4.00. The maximum Gasteiger partial charge on any atom is 0.273 e. The topological polar surface area (TPSA) is 59.9 Å². The lowest BCUT2D eigenvalue weighted by atomic mass is 10.0. The standard InChI is InChI=1S/C17H16Cl2N2O3/c1-20-17(22)16(21-23-2)12-7-4-3-6-11(12)10-24-14-9-5-8-13(18)15(14)19/h3-9H,10H2,1-2H3,(H,20,22)/b21-16+. The van der Waals surface area contributed by atoms with Crippen molar-refractivity contribution in [3.63, 3.8) is 0 Å². The van der Waals surface area contributed by atoms with Crippen molar-refractivity contribution in [1.82, 2.24) is 5.32 Å². The highest BCUT2D eigenvalue weighted by Gasteiger charge is 2.17. The Labute approximate surface area is 150 Å². The number of hydrogen-bond donors (Lipinski definition) is 1. The van der Waals surface area contributed by atoms with Crippen molar-refractivity contribution in [3.8, 4) is 5.75 Å². The largest absolute Gasteiger partial charge is 0.487 e. The Bertz CT molecular complexity index is 763. The first-order valence-corrected chi connectivity index (χ1v) is 7.82. The number of likely N-dealkylation sites (N-methyl/N-ethyl adjacent to an activating group) is 1. The van der Waals surface area contributed by atoms with Gasteiger partial charge in [0.15, 0.2) is 5.71 Å². The van der Waals surface area contributed by atoms with Crippen LogP contribution in [-0.4, -0.2) is 25.8 Å². The molecule has 0 bridgehead atoms. The van der Waals surface area contributed by atoms with E-state index in [9.17, 15) is 4.79 Å². The van der Waals surface area contributed by atoms with Gasteiger partial charge in [0.1, 0.15) is 24.5 Å². The number of rotatable bonds is 6. The van der Waals surface area contributed by atoms with E-state index in [4.69, 9.17) is 32.8 Å². The van der Waals surface area contributed by atoms with Crippen LogP contribution in [-0.2, 0) is 16.2 Å². The third-order valence-electron chi connectivity index (χ3n) is 3.20. The summed E-state index contributed by atoms with van der Waals surface area (Å²) in [6.07, 6.45) is 0. The number of carbonyl (C=O) groups excluding carboxylic acids is 1. The van der Waals surface area contributed by atoms with E-state index < -0.39 is 0 Å². The van der Waals surface area contributed by atoms with Crippen LogP contribution in [0, 0.1) is 0 Å². The van der Waals surface area contributed by atoms with Crippen molar-refractivity contribution in [2.45, 2.75) is 6.61 Å². The minimum atomic E-state index is -0.356. The van der Waals surface area contributed by atoms with E-state index in [1.165, 1.54) is 14.2 Å². The van der Waals surface area contributed by atoms with Gasteiger partial charge in [-0.15, -0.1) is 0 Å². The fourth-order valence-electron chi connectivity index (χ4n) is 2.05. The van der Waals surface area contributed by atoms with Crippen LogP contribution in [0.15, 0.2) is 47.6 Å². The summed E-state index contributed by atoms with van der Waals surface area (Å²) in [5.74, 6) is 0.106. The molecule has 2 rings (SSSR count). The van der Waals surface area contributed by atoms with Gasteiger partial charge in [-0.05, 0) is 17.7 Å². The summed E-state index contributed by atoms with van der Waals surface area (Å²) in [4.78, 5) is 16.8. The Balaban J connectivity index is 2.30. The minimum Gasteiger partial charge on any atom is -0.487 e. The van der Waals surface area contributed by atoms with Crippen LogP contribution >= 0.6 is 23.2 Å². The highest BCUT2D eigenvalue weighted by atomic mass is 35.5. The molecule has 2 aromatic carbocycles. The van der Waals surface area contributed by atoms with Crippen molar-refractivity contribution in [3.05, 3.63) is 63.6 Å². The number of benzene rings is 2. The molecule has 0 spiro atoms. The highest BCUT2D eigenvalue weighted by molar-refractivity contribution is 6.45. The van der Waals surface area contributed by atoms with Crippen LogP contribution in [0.25, 0.3) is 0 Å². The number of carbonyl (C=O) groups is 1. The maximum absolute atomic E-state index is 12.0. The van der Waals surface area contributed by atoms with E-state index in [1.54, 1.807) is 30.3 Å². The van der Waals surface area contributed by atoms with Crippen LogP contribution in [0.2, 0.25) is 10.0 Å². The number of oxime groups is 1. The van der Waals surface area contributed by atoms with Crippen molar-refractivity contribution in [2.75, 3.05) is 14.2 Å². The van der Waals surface area contributed by atoms with E-state index >= 15 is 0 Å². The monoisotopic (exact) mass is 366 g/mol. The lowest BCUT2D eigenvalue weighted by molar-refractivity contribution is -0.114. The molecule has 0 aliphatic rings. The molecule has 0 aromatic heterocycles. The van der Waals surface area contributed by atoms with Gasteiger partial charge in [-0.25, -0.2) is 0 Å². The summed E-state index contributed by atoms with van der Waals surface area (Å²) in [6, 6.07) is 12.4. The van der Waals surface area contributed by atoms with Crippen molar-refractivity contribution in [2.24, 2.45) is 5.16 Å². The van der Waals surface area contributed by atoms with Gasteiger partial charge in [0.2, 0.25) is 0 Å². The molecule has 0 saturated heterocycles. The van der Waals surface area contributed by atoms with Gasteiger partial charge in [0.05, 0.1) is 5.02 Å². The summed E-state index contributed by atoms with van der Waals surface area (Å²) in [6.45, 7) is 0.190. The molecule has 0 heterocycles. The van der Waals surface area contributed by atoms with Crippen molar-refractivity contribution in [1.29, 1.82) is 0 Å². The Kier molecular flexibility index (Phi) is 6.46. The van der Waals surface area contributed by atoms with Gasteiger partial charge in [-0.2, -0.15) is 0 Å². The molecule has 0 radical (unpaired) electrons. The number of halogens is 2. The first-order valence-electron chi connectivity index (χ1n) is 7.06. The Hall–Kier alpha value is -2.24. The average Bonchev–Trinajstić information content (AvgIpc) is 2.60.